The molecule has 190 valence electrons. The standard InChI is InChI=1S/C29H34N2O5/c1-19(17-32)3-5-22(29(33)21-6-4-20(21)2)24-18-36-26-9-8-25-23(28(24)26)7-10-27(30-25)35-16-13-31-11-14-34-15-12-31/h7-10,18,20-22H,3-6,11-16H2,1-2H3. The summed E-state index contributed by atoms with van der Waals surface area (Å²) in [6.45, 7) is 8.72. The second kappa shape index (κ2) is 11.0. The molecule has 1 aliphatic carbocycles. The maximum Gasteiger partial charge on any atom is 0.213 e. The molecule has 0 amide bonds. The molecule has 1 aliphatic heterocycles. The first-order valence-electron chi connectivity index (χ1n) is 13.0. The summed E-state index contributed by atoms with van der Waals surface area (Å²) in [5.41, 5.74) is 3.07. The lowest BCUT2D eigenvalue weighted by molar-refractivity contribution is -0.129. The summed E-state index contributed by atoms with van der Waals surface area (Å²) in [4.78, 5) is 31.8. The Hall–Kier alpha value is -2.99. The number of allylic oxidation sites excluding steroid dienone is 1. The number of nitrogens with zero attached hydrogens (tertiary/aromatic N) is 2. The van der Waals surface area contributed by atoms with Crippen LogP contribution in [0.3, 0.4) is 0 Å². The molecule has 36 heavy (non-hydrogen) atoms. The number of fused-ring (bicyclic) bond motifs is 3. The Morgan fingerprint density at radius 3 is 2.78 bits per heavy atom. The average molecular weight is 491 g/mol. The van der Waals surface area contributed by atoms with Crippen molar-refractivity contribution in [1.82, 2.24) is 9.88 Å². The third kappa shape index (κ3) is 5.10. The average Bonchev–Trinajstić information content (AvgIpc) is 3.32. The van der Waals surface area contributed by atoms with Gasteiger partial charge < -0.3 is 13.9 Å². The fourth-order valence-electron chi connectivity index (χ4n) is 5.40. The molecule has 0 spiro atoms. The lowest BCUT2D eigenvalue weighted by atomic mass is 9.68. The molecule has 3 aromatic rings. The zero-order valence-corrected chi connectivity index (χ0v) is 21.1. The minimum absolute atomic E-state index is 0.0695. The van der Waals surface area contributed by atoms with Crippen molar-refractivity contribution in [1.29, 1.82) is 0 Å². The number of rotatable bonds is 10. The normalized spacial score (nSPS) is 21.2. The van der Waals surface area contributed by atoms with E-state index in [2.05, 4.69) is 11.8 Å². The third-order valence-electron chi connectivity index (χ3n) is 7.86. The Kier molecular flexibility index (Phi) is 7.51. The smallest absolute Gasteiger partial charge is 0.213 e. The van der Waals surface area contributed by atoms with E-state index in [-0.39, 0.29) is 17.6 Å². The number of hydrogen-bond donors (Lipinski definition) is 0. The summed E-state index contributed by atoms with van der Waals surface area (Å²) < 4.78 is 17.3. The molecule has 1 aromatic carbocycles. The summed E-state index contributed by atoms with van der Waals surface area (Å²) in [5.74, 6) is 2.97. The molecular weight excluding hydrogens is 456 g/mol. The first-order chi connectivity index (χ1) is 17.5. The van der Waals surface area contributed by atoms with Gasteiger partial charge in [0.15, 0.2) is 0 Å². The van der Waals surface area contributed by atoms with Crippen molar-refractivity contribution in [3.8, 4) is 5.88 Å². The van der Waals surface area contributed by atoms with Crippen molar-refractivity contribution in [2.75, 3.05) is 39.5 Å². The van der Waals surface area contributed by atoms with E-state index in [9.17, 15) is 9.59 Å². The maximum absolute atomic E-state index is 13.6. The van der Waals surface area contributed by atoms with Crippen LogP contribution < -0.4 is 4.74 Å². The Balaban J connectivity index is 1.42. The highest BCUT2D eigenvalue weighted by Crippen LogP contribution is 2.43. The summed E-state index contributed by atoms with van der Waals surface area (Å²) in [6.07, 6.45) is 4.86. The molecule has 3 atom stereocenters. The van der Waals surface area contributed by atoms with Crippen molar-refractivity contribution >= 4 is 33.6 Å². The lowest BCUT2D eigenvalue weighted by Gasteiger charge is -2.35. The van der Waals surface area contributed by atoms with Crippen LogP contribution in [-0.4, -0.2) is 61.1 Å². The second-order valence-electron chi connectivity index (χ2n) is 10.2. The SMILES string of the molecule is CC(=C=O)CCC(C(=O)C1CCC1C)c1coc2ccc3nc(OCCN4CCOCC4)ccc3c12. The number of morpholine rings is 1. The van der Waals surface area contributed by atoms with Gasteiger partial charge in [0.1, 0.15) is 23.9 Å². The molecule has 0 radical (unpaired) electrons. The molecule has 7 nitrogen and oxygen atoms in total. The molecule has 3 heterocycles. The molecule has 7 heteroatoms. The van der Waals surface area contributed by atoms with Gasteiger partial charge in [0.2, 0.25) is 5.88 Å². The highest BCUT2D eigenvalue weighted by molar-refractivity contribution is 6.08. The van der Waals surface area contributed by atoms with Gasteiger partial charge in [0.25, 0.3) is 0 Å². The highest BCUT2D eigenvalue weighted by atomic mass is 16.5. The number of aromatic nitrogens is 1. The van der Waals surface area contributed by atoms with Crippen LogP contribution in [0.1, 0.15) is 51.0 Å². The van der Waals surface area contributed by atoms with Crippen LogP contribution in [0.4, 0.5) is 0 Å². The van der Waals surface area contributed by atoms with Gasteiger partial charge in [-0.1, -0.05) is 6.92 Å². The third-order valence-corrected chi connectivity index (χ3v) is 7.86. The van der Waals surface area contributed by atoms with E-state index < -0.39 is 0 Å². The van der Waals surface area contributed by atoms with Crippen molar-refractivity contribution in [2.45, 2.75) is 45.4 Å². The van der Waals surface area contributed by atoms with Crippen LogP contribution in [0.2, 0.25) is 0 Å². The van der Waals surface area contributed by atoms with Crippen LogP contribution in [0.5, 0.6) is 5.88 Å². The Morgan fingerprint density at radius 2 is 2.06 bits per heavy atom. The van der Waals surface area contributed by atoms with Crippen LogP contribution in [0, 0.1) is 11.8 Å². The number of hydrogen-bond acceptors (Lipinski definition) is 7. The minimum atomic E-state index is -0.322. The molecule has 2 aliphatic rings. The van der Waals surface area contributed by atoms with Crippen molar-refractivity contribution < 1.29 is 23.5 Å². The van der Waals surface area contributed by atoms with Crippen LogP contribution >= 0.6 is 0 Å². The van der Waals surface area contributed by atoms with E-state index in [1.54, 1.807) is 13.2 Å². The van der Waals surface area contributed by atoms with Gasteiger partial charge in [-0.3, -0.25) is 9.69 Å². The fraction of sp³-hybridized carbons (Fsp3) is 0.517. The van der Waals surface area contributed by atoms with E-state index >= 15 is 0 Å². The zero-order chi connectivity index (χ0) is 25.1. The first kappa shape index (κ1) is 24.7. The van der Waals surface area contributed by atoms with Gasteiger partial charge in [-0.2, -0.15) is 0 Å². The van der Waals surface area contributed by atoms with E-state index in [1.807, 2.05) is 30.2 Å². The van der Waals surface area contributed by atoms with E-state index in [0.717, 1.165) is 73.1 Å². The van der Waals surface area contributed by atoms with Crippen LogP contribution in [0.15, 0.2) is 40.5 Å². The van der Waals surface area contributed by atoms with Crippen molar-refractivity contribution in [3.05, 3.63) is 41.7 Å². The largest absolute Gasteiger partial charge is 0.476 e. The number of furan rings is 1. The number of ether oxygens (including phenoxy) is 2. The first-order valence-corrected chi connectivity index (χ1v) is 13.0. The van der Waals surface area contributed by atoms with Gasteiger partial charge >= 0.3 is 0 Å². The van der Waals surface area contributed by atoms with E-state index in [0.29, 0.717) is 36.8 Å². The van der Waals surface area contributed by atoms with E-state index in [4.69, 9.17) is 18.9 Å². The molecule has 2 aromatic heterocycles. The van der Waals surface area contributed by atoms with Gasteiger partial charge in [0.05, 0.1) is 25.0 Å². The number of carbonyl (C=O) groups is 1. The molecule has 2 fully saturated rings. The molecule has 0 N–H and O–H groups in total. The molecular formula is C29H34N2O5. The number of carbonyl (C=O) groups excluding carboxylic acids is 2. The van der Waals surface area contributed by atoms with Crippen molar-refractivity contribution in [2.24, 2.45) is 11.8 Å². The van der Waals surface area contributed by atoms with Gasteiger partial charge in [-0.15, -0.1) is 0 Å². The lowest BCUT2D eigenvalue weighted by Crippen LogP contribution is -2.38. The van der Waals surface area contributed by atoms with Crippen LogP contribution in [-0.2, 0) is 14.3 Å². The minimum Gasteiger partial charge on any atom is -0.476 e. The van der Waals surface area contributed by atoms with Gasteiger partial charge in [-0.25, -0.2) is 9.78 Å². The number of benzene rings is 1. The Labute approximate surface area is 211 Å². The predicted molar refractivity (Wildman–Crippen MR) is 138 cm³/mol. The molecule has 1 saturated carbocycles. The summed E-state index contributed by atoms with van der Waals surface area (Å²) in [5, 5.41) is 1.87. The molecule has 3 unspecified atom stereocenters. The second-order valence-corrected chi connectivity index (χ2v) is 10.2. The number of ketones is 1. The molecule has 0 bridgehead atoms. The number of pyridine rings is 1. The topological polar surface area (TPSA) is 81.9 Å². The molecule has 1 saturated heterocycles. The quantitative estimate of drug-likeness (QED) is 0.372. The number of Topliss-reactive ketones (excluding diaryl/α,β-unsaturated/α-hetero) is 1. The highest BCUT2D eigenvalue weighted by Gasteiger charge is 2.38. The van der Waals surface area contributed by atoms with Gasteiger partial charge in [-0.05, 0) is 56.7 Å². The molecule has 5 rings (SSSR count). The van der Waals surface area contributed by atoms with Gasteiger partial charge in [0, 0.05) is 59.4 Å². The van der Waals surface area contributed by atoms with Crippen molar-refractivity contribution in [3.63, 3.8) is 0 Å². The predicted octanol–water partition coefficient (Wildman–Crippen LogP) is 4.95. The monoisotopic (exact) mass is 490 g/mol. The zero-order valence-electron chi connectivity index (χ0n) is 21.1. The Bertz CT molecular complexity index is 1290. The van der Waals surface area contributed by atoms with E-state index in [1.165, 1.54) is 0 Å². The fourth-order valence-corrected chi connectivity index (χ4v) is 5.40. The van der Waals surface area contributed by atoms with Crippen LogP contribution in [0.25, 0.3) is 21.9 Å². The Morgan fingerprint density at radius 1 is 1.22 bits per heavy atom. The summed E-state index contributed by atoms with van der Waals surface area (Å²) >= 11 is 0. The summed E-state index contributed by atoms with van der Waals surface area (Å²) in [6, 6.07) is 7.75. The maximum atomic E-state index is 13.6. The summed E-state index contributed by atoms with van der Waals surface area (Å²) in [7, 11) is 0.